The highest BCUT2D eigenvalue weighted by Crippen LogP contribution is 2.34. The normalized spacial score (nSPS) is 16.5. The number of benzene rings is 2. The number of carbonyl (C=O) groups is 1. The molecule has 0 spiro atoms. The van der Waals surface area contributed by atoms with E-state index in [4.69, 9.17) is 14.9 Å². The predicted octanol–water partition coefficient (Wildman–Crippen LogP) is 3.56. The number of nitrogens with zero attached hydrogens (tertiary/aromatic N) is 4. The van der Waals surface area contributed by atoms with Crippen LogP contribution in [0.2, 0.25) is 0 Å². The molecule has 2 aromatic carbocycles. The maximum atomic E-state index is 12.8. The van der Waals surface area contributed by atoms with E-state index >= 15 is 0 Å². The molecule has 2 aromatic heterocycles. The van der Waals surface area contributed by atoms with Crippen LogP contribution in [0.5, 0.6) is 5.75 Å². The third-order valence-corrected chi connectivity index (χ3v) is 7.06. The molecule has 3 heterocycles. The van der Waals surface area contributed by atoms with Crippen LogP contribution in [0.1, 0.15) is 30.0 Å². The SMILES string of the molecule is Nc1nc(CN2CCN(C(=O)COc3ccc4oc5c(c4c3)CCCC5)CC2)nc2ccccc12. The van der Waals surface area contributed by atoms with Gasteiger partial charge in [-0.1, -0.05) is 12.1 Å². The van der Waals surface area contributed by atoms with Crippen LogP contribution in [0, 0.1) is 0 Å². The lowest BCUT2D eigenvalue weighted by molar-refractivity contribution is -0.135. The van der Waals surface area contributed by atoms with Crippen LogP contribution >= 0.6 is 0 Å². The van der Waals surface area contributed by atoms with Crippen molar-refractivity contribution in [2.45, 2.75) is 32.2 Å². The number of aromatic nitrogens is 2. The number of aryl methyl sites for hydroxylation is 2. The fourth-order valence-corrected chi connectivity index (χ4v) is 5.15. The highest BCUT2D eigenvalue weighted by atomic mass is 16.5. The topological polar surface area (TPSA) is 97.7 Å². The second kappa shape index (κ2) is 9.19. The molecule has 0 bridgehead atoms. The molecule has 0 radical (unpaired) electrons. The quantitative estimate of drug-likeness (QED) is 0.475. The summed E-state index contributed by atoms with van der Waals surface area (Å²) in [7, 11) is 0. The number of anilines is 1. The van der Waals surface area contributed by atoms with Crippen molar-refractivity contribution in [1.29, 1.82) is 0 Å². The maximum Gasteiger partial charge on any atom is 0.260 e. The van der Waals surface area contributed by atoms with Crippen LogP contribution < -0.4 is 10.5 Å². The lowest BCUT2D eigenvalue weighted by Gasteiger charge is -2.34. The number of nitrogens with two attached hydrogens (primary N) is 1. The van der Waals surface area contributed by atoms with Crippen LogP contribution in [-0.2, 0) is 24.2 Å². The number of amides is 1. The molecule has 0 unspecified atom stereocenters. The molecule has 0 atom stereocenters. The van der Waals surface area contributed by atoms with Crippen LogP contribution in [-0.4, -0.2) is 58.5 Å². The number of carbonyl (C=O) groups excluding carboxylic acids is 1. The summed E-state index contributed by atoms with van der Waals surface area (Å²) in [5.74, 6) is 3.04. The van der Waals surface area contributed by atoms with Crippen LogP contribution in [0.4, 0.5) is 5.82 Å². The zero-order valence-corrected chi connectivity index (χ0v) is 19.7. The van der Waals surface area contributed by atoms with Crippen molar-refractivity contribution in [3.8, 4) is 5.75 Å². The Morgan fingerprint density at radius 2 is 1.83 bits per heavy atom. The van der Waals surface area contributed by atoms with Gasteiger partial charge in [-0.25, -0.2) is 9.97 Å². The minimum Gasteiger partial charge on any atom is -0.484 e. The number of para-hydroxylation sites is 1. The van der Waals surface area contributed by atoms with E-state index in [0.29, 0.717) is 37.0 Å². The second-order valence-electron chi connectivity index (χ2n) is 9.36. The van der Waals surface area contributed by atoms with E-state index in [2.05, 4.69) is 14.9 Å². The average molecular weight is 472 g/mol. The summed E-state index contributed by atoms with van der Waals surface area (Å²) in [4.78, 5) is 26.0. The van der Waals surface area contributed by atoms with Gasteiger partial charge in [0, 0.05) is 48.9 Å². The van der Waals surface area contributed by atoms with Gasteiger partial charge in [-0.3, -0.25) is 9.69 Å². The highest BCUT2D eigenvalue weighted by Gasteiger charge is 2.23. The van der Waals surface area contributed by atoms with Gasteiger partial charge in [-0.2, -0.15) is 0 Å². The highest BCUT2D eigenvalue weighted by molar-refractivity contribution is 5.87. The van der Waals surface area contributed by atoms with E-state index in [1.807, 2.05) is 47.4 Å². The first-order valence-corrected chi connectivity index (χ1v) is 12.3. The summed E-state index contributed by atoms with van der Waals surface area (Å²) >= 11 is 0. The summed E-state index contributed by atoms with van der Waals surface area (Å²) < 4.78 is 11.9. The molecule has 6 rings (SSSR count). The Labute approximate surface area is 203 Å². The summed E-state index contributed by atoms with van der Waals surface area (Å²) in [5, 5.41) is 1.99. The molecule has 1 aliphatic carbocycles. The summed E-state index contributed by atoms with van der Waals surface area (Å²) in [6.45, 7) is 3.47. The van der Waals surface area contributed by atoms with Gasteiger partial charge in [0.2, 0.25) is 0 Å². The molecule has 0 saturated carbocycles. The van der Waals surface area contributed by atoms with Gasteiger partial charge in [-0.05, 0) is 49.6 Å². The Morgan fingerprint density at radius 1 is 1.00 bits per heavy atom. The molecule has 1 aliphatic heterocycles. The number of fused-ring (bicyclic) bond motifs is 4. The molecule has 4 aromatic rings. The Hall–Kier alpha value is -3.65. The van der Waals surface area contributed by atoms with Crippen molar-refractivity contribution in [1.82, 2.24) is 19.8 Å². The Kier molecular flexibility index (Phi) is 5.74. The molecule has 1 amide bonds. The van der Waals surface area contributed by atoms with Crippen molar-refractivity contribution in [3.63, 3.8) is 0 Å². The first kappa shape index (κ1) is 21.9. The van der Waals surface area contributed by atoms with Gasteiger partial charge in [0.25, 0.3) is 5.91 Å². The predicted molar refractivity (Wildman–Crippen MR) is 134 cm³/mol. The molecule has 1 fully saturated rings. The maximum absolute atomic E-state index is 12.8. The number of rotatable bonds is 5. The number of nitrogen functional groups attached to an aromatic ring is 1. The Bertz CT molecular complexity index is 1390. The van der Waals surface area contributed by atoms with E-state index in [9.17, 15) is 4.79 Å². The molecule has 2 N–H and O–H groups in total. The lowest BCUT2D eigenvalue weighted by atomic mass is 9.96. The average Bonchev–Trinajstić information content (AvgIpc) is 3.26. The number of furan rings is 1. The van der Waals surface area contributed by atoms with Gasteiger partial charge in [0.05, 0.1) is 12.1 Å². The van der Waals surface area contributed by atoms with E-state index < -0.39 is 0 Å². The third-order valence-electron chi connectivity index (χ3n) is 7.06. The van der Waals surface area contributed by atoms with E-state index in [0.717, 1.165) is 53.6 Å². The molecule has 2 aliphatic rings. The summed E-state index contributed by atoms with van der Waals surface area (Å²) in [6, 6.07) is 13.6. The minimum atomic E-state index is 0.00479. The van der Waals surface area contributed by atoms with Crippen LogP contribution in [0.15, 0.2) is 46.9 Å². The van der Waals surface area contributed by atoms with Gasteiger partial charge >= 0.3 is 0 Å². The minimum absolute atomic E-state index is 0.00479. The zero-order chi connectivity index (χ0) is 23.8. The lowest BCUT2D eigenvalue weighted by Crippen LogP contribution is -2.49. The largest absolute Gasteiger partial charge is 0.484 e. The number of hydrogen-bond acceptors (Lipinski definition) is 7. The first-order valence-electron chi connectivity index (χ1n) is 12.3. The molecular formula is C27H29N5O3. The number of piperazine rings is 1. The summed E-state index contributed by atoms with van der Waals surface area (Å²) in [6.07, 6.45) is 4.43. The molecule has 180 valence electrons. The Balaban J connectivity index is 1.03. The van der Waals surface area contributed by atoms with E-state index in [-0.39, 0.29) is 12.5 Å². The van der Waals surface area contributed by atoms with Crippen molar-refractivity contribution < 1.29 is 13.9 Å². The molecule has 35 heavy (non-hydrogen) atoms. The van der Waals surface area contributed by atoms with E-state index in [1.165, 1.54) is 18.4 Å². The summed E-state index contributed by atoms with van der Waals surface area (Å²) in [5.41, 5.74) is 9.19. The molecule has 8 nitrogen and oxygen atoms in total. The van der Waals surface area contributed by atoms with Crippen molar-refractivity contribution >= 4 is 33.6 Å². The standard InChI is InChI=1S/C27H29N5O3/c28-27-20-6-1-3-7-22(20)29-25(30-27)16-31-11-13-32(14-12-31)26(33)17-34-18-9-10-24-21(15-18)19-5-2-4-8-23(19)35-24/h1,3,6-7,9-10,15H,2,4-5,8,11-14,16-17H2,(H2,28,29,30). The fourth-order valence-electron chi connectivity index (χ4n) is 5.15. The molecular weight excluding hydrogens is 442 g/mol. The van der Waals surface area contributed by atoms with E-state index in [1.54, 1.807) is 0 Å². The molecule has 1 saturated heterocycles. The van der Waals surface area contributed by atoms with Gasteiger partial charge in [-0.15, -0.1) is 0 Å². The molecule has 8 heteroatoms. The van der Waals surface area contributed by atoms with Gasteiger partial charge in [0.1, 0.15) is 28.7 Å². The van der Waals surface area contributed by atoms with Crippen molar-refractivity contribution in [3.05, 3.63) is 59.6 Å². The zero-order valence-electron chi connectivity index (χ0n) is 19.7. The monoisotopic (exact) mass is 471 g/mol. The first-order chi connectivity index (χ1) is 17.1. The van der Waals surface area contributed by atoms with Crippen LogP contribution in [0.25, 0.3) is 21.9 Å². The van der Waals surface area contributed by atoms with Crippen LogP contribution in [0.3, 0.4) is 0 Å². The second-order valence-corrected chi connectivity index (χ2v) is 9.36. The number of ether oxygens (including phenoxy) is 1. The Morgan fingerprint density at radius 3 is 2.71 bits per heavy atom. The third kappa shape index (κ3) is 4.41. The fraction of sp³-hybridized carbons (Fsp3) is 0.370. The smallest absolute Gasteiger partial charge is 0.260 e. The van der Waals surface area contributed by atoms with Crippen molar-refractivity contribution in [2.24, 2.45) is 0 Å². The number of hydrogen-bond donors (Lipinski definition) is 1. The van der Waals surface area contributed by atoms with Gasteiger partial charge in [0.15, 0.2) is 6.61 Å². The van der Waals surface area contributed by atoms with Crippen molar-refractivity contribution in [2.75, 3.05) is 38.5 Å². The van der Waals surface area contributed by atoms with Gasteiger partial charge < -0.3 is 19.8 Å².